The highest BCUT2D eigenvalue weighted by atomic mass is 19.4. The van der Waals surface area contributed by atoms with Crippen molar-refractivity contribution < 1.29 is 32.2 Å². The molecular weight excluding hydrogens is 418 g/mol. The second-order valence-electron chi connectivity index (χ2n) is 7.57. The topological polar surface area (TPSA) is 67.6 Å². The number of para-hydroxylation sites is 1. The average molecular weight is 445 g/mol. The normalized spacial score (nSPS) is 16.4. The van der Waals surface area contributed by atoms with Gasteiger partial charge in [-0.2, -0.15) is 18.3 Å². The molecule has 1 fully saturated rings. The summed E-state index contributed by atoms with van der Waals surface area (Å²) in [5, 5.41) is 11.7. The van der Waals surface area contributed by atoms with Gasteiger partial charge < -0.3 is 14.7 Å². The van der Waals surface area contributed by atoms with Crippen molar-refractivity contribution in [2.24, 2.45) is 0 Å². The molecule has 2 heterocycles. The fourth-order valence-corrected chi connectivity index (χ4v) is 3.47. The number of benzene rings is 1. The highest BCUT2D eigenvalue weighted by Crippen LogP contribution is 2.23. The van der Waals surface area contributed by atoms with Crippen molar-refractivity contribution in [1.29, 1.82) is 0 Å². The number of piperidine rings is 1. The number of alkyl halides is 3. The van der Waals surface area contributed by atoms with E-state index in [-0.39, 0.29) is 11.9 Å². The molecule has 1 unspecified atom stereocenters. The number of carbonyl (C=O) groups is 1. The van der Waals surface area contributed by atoms with Crippen molar-refractivity contribution in [2.45, 2.75) is 51.9 Å². The fraction of sp³-hybridized carbons (Fsp3) is 0.524. The van der Waals surface area contributed by atoms with E-state index in [2.05, 4.69) is 34.6 Å². The SMILES string of the molecule is Cc1cc(C)n(C(C)CN2CCC(Oc3ccccc3F)CC2)n1.O=C(O)C(F)(F)F. The Morgan fingerprint density at radius 1 is 1.26 bits per heavy atom. The lowest BCUT2D eigenvalue weighted by molar-refractivity contribution is -0.192. The number of aliphatic carboxylic acids is 1. The summed E-state index contributed by atoms with van der Waals surface area (Å²) in [5.74, 6) is -2.67. The summed E-state index contributed by atoms with van der Waals surface area (Å²) in [7, 11) is 0. The van der Waals surface area contributed by atoms with Crippen LogP contribution in [-0.4, -0.2) is 57.7 Å². The van der Waals surface area contributed by atoms with Crippen LogP contribution in [0, 0.1) is 19.7 Å². The number of carboxylic acids is 1. The highest BCUT2D eigenvalue weighted by molar-refractivity contribution is 5.73. The Hall–Kier alpha value is -2.62. The van der Waals surface area contributed by atoms with Gasteiger partial charge >= 0.3 is 12.1 Å². The van der Waals surface area contributed by atoms with Crippen LogP contribution in [0.5, 0.6) is 5.75 Å². The number of carboxylic acid groups (broad SMARTS) is 1. The van der Waals surface area contributed by atoms with Crippen LogP contribution in [0.3, 0.4) is 0 Å². The Labute approximate surface area is 178 Å². The second-order valence-corrected chi connectivity index (χ2v) is 7.57. The first-order chi connectivity index (χ1) is 14.5. The maximum atomic E-state index is 13.7. The minimum atomic E-state index is -5.08. The second kappa shape index (κ2) is 10.6. The van der Waals surface area contributed by atoms with Gasteiger partial charge in [0, 0.05) is 25.3 Å². The van der Waals surface area contributed by atoms with E-state index >= 15 is 0 Å². The zero-order valence-corrected chi connectivity index (χ0v) is 17.7. The lowest BCUT2D eigenvalue weighted by atomic mass is 10.1. The number of nitrogens with zero attached hydrogens (tertiary/aromatic N) is 3. The molecule has 10 heteroatoms. The van der Waals surface area contributed by atoms with Crippen molar-refractivity contribution in [2.75, 3.05) is 19.6 Å². The molecule has 0 aliphatic carbocycles. The Kier molecular flexibility index (Phi) is 8.43. The molecule has 1 saturated heterocycles. The lowest BCUT2D eigenvalue weighted by Crippen LogP contribution is -2.40. The van der Waals surface area contributed by atoms with Crippen LogP contribution in [0.1, 0.15) is 37.2 Å². The molecule has 0 saturated carbocycles. The number of rotatable bonds is 5. The maximum absolute atomic E-state index is 13.7. The Balaban J connectivity index is 0.000000423. The molecule has 31 heavy (non-hydrogen) atoms. The predicted octanol–water partition coefficient (Wildman–Crippen LogP) is 4.38. The molecule has 1 aliphatic heterocycles. The van der Waals surface area contributed by atoms with Gasteiger partial charge in [0.05, 0.1) is 11.7 Å². The van der Waals surface area contributed by atoms with Gasteiger partial charge in [0.25, 0.3) is 0 Å². The molecule has 0 bridgehead atoms. The van der Waals surface area contributed by atoms with E-state index in [1.807, 2.05) is 13.0 Å². The first kappa shape index (κ1) is 24.6. The van der Waals surface area contributed by atoms with Gasteiger partial charge in [-0.1, -0.05) is 12.1 Å². The quantitative estimate of drug-likeness (QED) is 0.692. The van der Waals surface area contributed by atoms with E-state index in [0.717, 1.165) is 38.2 Å². The molecular formula is C21H27F4N3O3. The number of aromatic nitrogens is 2. The summed E-state index contributed by atoms with van der Waals surface area (Å²) in [6.07, 6.45) is -3.13. The van der Waals surface area contributed by atoms with Gasteiger partial charge in [-0.15, -0.1) is 0 Å². The van der Waals surface area contributed by atoms with Crippen LogP contribution < -0.4 is 4.74 Å². The summed E-state index contributed by atoms with van der Waals surface area (Å²) in [6, 6.07) is 9.11. The molecule has 1 N–H and O–H groups in total. The molecule has 0 radical (unpaired) electrons. The van der Waals surface area contributed by atoms with Gasteiger partial charge in [-0.3, -0.25) is 4.68 Å². The molecule has 3 rings (SSSR count). The van der Waals surface area contributed by atoms with Crippen LogP contribution >= 0.6 is 0 Å². The van der Waals surface area contributed by atoms with Gasteiger partial charge in [-0.25, -0.2) is 9.18 Å². The minimum Gasteiger partial charge on any atom is -0.487 e. The molecule has 1 atom stereocenters. The van der Waals surface area contributed by atoms with Crippen LogP contribution in [-0.2, 0) is 4.79 Å². The van der Waals surface area contributed by atoms with E-state index in [0.29, 0.717) is 11.8 Å². The van der Waals surface area contributed by atoms with E-state index in [1.54, 1.807) is 12.1 Å². The summed E-state index contributed by atoms with van der Waals surface area (Å²) < 4.78 is 53.3. The maximum Gasteiger partial charge on any atom is 0.490 e. The lowest BCUT2D eigenvalue weighted by Gasteiger charge is -2.33. The summed E-state index contributed by atoms with van der Waals surface area (Å²) in [5.41, 5.74) is 2.27. The molecule has 6 nitrogen and oxygen atoms in total. The zero-order valence-electron chi connectivity index (χ0n) is 17.7. The third-order valence-electron chi connectivity index (χ3n) is 4.89. The minimum absolute atomic E-state index is 0.0992. The third-order valence-corrected chi connectivity index (χ3v) is 4.89. The van der Waals surface area contributed by atoms with Gasteiger partial charge in [0.1, 0.15) is 6.10 Å². The number of aryl methyl sites for hydroxylation is 2. The van der Waals surface area contributed by atoms with Crippen molar-refractivity contribution in [3.8, 4) is 5.75 Å². The van der Waals surface area contributed by atoms with Crippen molar-refractivity contribution >= 4 is 5.97 Å². The van der Waals surface area contributed by atoms with Gasteiger partial charge in [-0.05, 0) is 51.8 Å². The summed E-state index contributed by atoms with van der Waals surface area (Å²) in [6.45, 7) is 9.27. The number of hydrogen-bond acceptors (Lipinski definition) is 4. The first-order valence-corrected chi connectivity index (χ1v) is 9.93. The highest BCUT2D eigenvalue weighted by Gasteiger charge is 2.38. The van der Waals surface area contributed by atoms with Crippen LogP contribution in [0.25, 0.3) is 0 Å². The summed E-state index contributed by atoms with van der Waals surface area (Å²) in [4.78, 5) is 11.3. The monoisotopic (exact) mass is 445 g/mol. The standard InChI is InChI=1S/C19H26FN3O.C2HF3O2/c1-14-12-15(2)23(21-14)16(3)13-22-10-8-17(9-11-22)24-19-7-5-4-6-18(19)20;3-2(4,5)1(6)7/h4-7,12,16-17H,8-11,13H2,1-3H3;(H,6,7). The third kappa shape index (κ3) is 7.54. The van der Waals surface area contributed by atoms with Crippen molar-refractivity contribution in [1.82, 2.24) is 14.7 Å². The first-order valence-electron chi connectivity index (χ1n) is 9.93. The van der Waals surface area contributed by atoms with E-state index in [4.69, 9.17) is 14.6 Å². The zero-order chi connectivity index (χ0) is 23.2. The molecule has 2 aromatic rings. The summed E-state index contributed by atoms with van der Waals surface area (Å²) >= 11 is 0. The number of hydrogen-bond donors (Lipinski definition) is 1. The number of halogens is 4. The number of likely N-dealkylation sites (tertiary alicyclic amines) is 1. The van der Waals surface area contributed by atoms with Crippen LogP contribution in [0.2, 0.25) is 0 Å². The number of ether oxygens (including phenoxy) is 1. The average Bonchev–Trinajstić information content (AvgIpc) is 3.03. The van der Waals surface area contributed by atoms with E-state index in [1.165, 1.54) is 11.8 Å². The Morgan fingerprint density at radius 2 is 1.84 bits per heavy atom. The molecule has 1 aromatic carbocycles. The smallest absolute Gasteiger partial charge is 0.487 e. The Bertz CT molecular complexity index is 862. The van der Waals surface area contributed by atoms with E-state index in [9.17, 15) is 17.6 Å². The molecule has 0 spiro atoms. The molecule has 0 amide bonds. The van der Waals surface area contributed by atoms with Gasteiger partial charge in [0.2, 0.25) is 0 Å². The van der Waals surface area contributed by atoms with Crippen LogP contribution in [0.15, 0.2) is 30.3 Å². The molecule has 1 aliphatic rings. The predicted molar refractivity (Wildman–Crippen MR) is 107 cm³/mol. The van der Waals surface area contributed by atoms with Gasteiger partial charge in [0.15, 0.2) is 11.6 Å². The van der Waals surface area contributed by atoms with E-state index < -0.39 is 12.1 Å². The molecule has 1 aromatic heterocycles. The van der Waals surface area contributed by atoms with Crippen LogP contribution in [0.4, 0.5) is 17.6 Å². The Morgan fingerprint density at radius 3 is 2.32 bits per heavy atom. The van der Waals surface area contributed by atoms with Crippen molar-refractivity contribution in [3.05, 3.63) is 47.5 Å². The molecule has 172 valence electrons. The largest absolute Gasteiger partial charge is 0.490 e. The van der Waals surface area contributed by atoms with Crippen molar-refractivity contribution in [3.63, 3.8) is 0 Å². The fourth-order valence-electron chi connectivity index (χ4n) is 3.47.